The van der Waals surface area contributed by atoms with E-state index in [1.807, 2.05) is 0 Å². The molecule has 0 unspecified atom stereocenters. The minimum Gasteiger partial charge on any atom is -0.508 e. The highest BCUT2D eigenvalue weighted by Gasteiger charge is 2.64. The first-order valence-corrected chi connectivity index (χ1v) is 14.0. The lowest BCUT2D eigenvalue weighted by atomic mass is 9.57. The second-order valence-corrected chi connectivity index (χ2v) is 11.7. The zero-order chi connectivity index (χ0) is 33.0. The molecule has 3 aliphatic rings. The van der Waals surface area contributed by atoms with E-state index in [-0.39, 0.29) is 42.2 Å². The minimum absolute atomic E-state index is 0.0154. The van der Waals surface area contributed by atoms with E-state index in [1.165, 1.54) is 16.0 Å². The van der Waals surface area contributed by atoms with Crippen molar-refractivity contribution in [1.29, 1.82) is 0 Å². The number of ketones is 2. The number of aliphatic hydroxyl groups excluding tert-OH is 2. The Morgan fingerprint density at radius 2 is 1.71 bits per heavy atom. The Morgan fingerprint density at radius 3 is 2.31 bits per heavy atom. The number of amides is 2. The molecule has 13 nitrogen and oxygen atoms in total. The fourth-order valence-electron chi connectivity index (χ4n) is 6.56. The number of benzene rings is 2. The van der Waals surface area contributed by atoms with Gasteiger partial charge < -0.3 is 31.5 Å². The number of anilines is 1. The molecule has 2 amide bonds. The fraction of sp³-hybridized carbons (Fsp3) is 0.312. The highest BCUT2D eigenvalue weighted by molar-refractivity contribution is 6.24. The predicted octanol–water partition coefficient (Wildman–Crippen LogP) is 0.108. The Kier molecular flexibility index (Phi) is 8.03. The predicted molar refractivity (Wildman–Crippen MR) is 162 cm³/mol. The van der Waals surface area contributed by atoms with E-state index in [9.17, 15) is 39.6 Å². The Hall–Kier alpha value is -5.00. The Labute approximate surface area is 258 Å². The molecule has 0 aliphatic heterocycles. The fourth-order valence-corrected chi connectivity index (χ4v) is 6.56. The number of hydrogen-bond acceptors (Lipinski definition) is 11. The van der Waals surface area contributed by atoms with Gasteiger partial charge >= 0.3 is 0 Å². The molecule has 0 heterocycles. The van der Waals surface area contributed by atoms with Gasteiger partial charge in [-0.3, -0.25) is 29.9 Å². The first-order chi connectivity index (χ1) is 21.2. The van der Waals surface area contributed by atoms with E-state index in [0.29, 0.717) is 22.4 Å². The van der Waals surface area contributed by atoms with Crippen molar-refractivity contribution in [3.8, 4) is 17.6 Å². The van der Waals surface area contributed by atoms with Gasteiger partial charge in [-0.25, -0.2) is 5.01 Å². The molecule has 234 valence electrons. The van der Waals surface area contributed by atoms with Crippen molar-refractivity contribution in [2.75, 3.05) is 33.0 Å². The lowest BCUT2D eigenvalue weighted by Crippen LogP contribution is -2.65. The molecule has 3 aliphatic carbocycles. The zero-order valence-electron chi connectivity index (χ0n) is 24.8. The maximum absolute atomic E-state index is 14.0. The molecule has 5 rings (SSSR count). The molecular weight excluding hydrogens is 582 g/mol. The molecule has 1 saturated carbocycles. The van der Waals surface area contributed by atoms with Gasteiger partial charge in [-0.1, -0.05) is 11.8 Å². The lowest BCUT2D eigenvalue weighted by Gasteiger charge is -2.50. The summed E-state index contributed by atoms with van der Waals surface area (Å²) in [4.78, 5) is 52.7. The molecule has 0 aromatic heterocycles. The Balaban J connectivity index is 1.54. The van der Waals surface area contributed by atoms with Gasteiger partial charge in [-0.05, 0) is 74.8 Å². The molecule has 0 bridgehead atoms. The summed E-state index contributed by atoms with van der Waals surface area (Å²) in [6.45, 7) is 0.0154. The molecule has 2 aromatic rings. The number of primary amides is 1. The number of fused-ring (bicyclic) bond motifs is 3. The van der Waals surface area contributed by atoms with Crippen LogP contribution in [0.15, 0.2) is 53.3 Å². The zero-order valence-corrected chi connectivity index (χ0v) is 24.8. The van der Waals surface area contributed by atoms with Gasteiger partial charge in [0.1, 0.15) is 22.8 Å². The number of nitrogens with zero attached hydrogens (tertiary/aromatic N) is 2. The van der Waals surface area contributed by atoms with E-state index in [2.05, 4.69) is 17.2 Å². The number of likely N-dealkylation sites (N-methyl/N-ethyl adjacent to an activating group) is 2. The number of carbonyl (C=O) groups is 4. The summed E-state index contributed by atoms with van der Waals surface area (Å²) < 4.78 is 0. The van der Waals surface area contributed by atoms with Gasteiger partial charge in [0, 0.05) is 35.4 Å². The van der Waals surface area contributed by atoms with Crippen molar-refractivity contribution < 1.29 is 39.6 Å². The topological polar surface area (TPSA) is 220 Å². The van der Waals surface area contributed by atoms with Crippen LogP contribution in [0.2, 0.25) is 0 Å². The smallest absolute Gasteiger partial charge is 0.255 e. The average Bonchev–Trinajstić information content (AvgIpc) is 2.94. The second-order valence-electron chi connectivity index (χ2n) is 11.7. The van der Waals surface area contributed by atoms with Crippen LogP contribution in [0.4, 0.5) is 5.69 Å². The molecule has 9 N–H and O–H groups in total. The maximum Gasteiger partial charge on any atom is 0.255 e. The van der Waals surface area contributed by atoms with Crippen LogP contribution < -0.4 is 16.9 Å². The number of hydrogen-bond donors (Lipinski definition) is 7. The number of aromatic hydroxyl groups is 1. The van der Waals surface area contributed by atoms with E-state index < -0.39 is 58.0 Å². The molecule has 13 heteroatoms. The van der Waals surface area contributed by atoms with Crippen molar-refractivity contribution in [2.24, 2.45) is 23.4 Å². The monoisotopic (exact) mass is 615 g/mol. The number of hydrazine groups is 1. The number of rotatable bonds is 5. The van der Waals surface area contributed by atoms with E-state index in [4.69, 9.17) is 11.6 Å². The highest BCUT2D eigenvalue weighted by atomic mass is 16.3. The SMILES string of the molecule is CN(N)CC(=O)Nc1ccc(C#Cc2ccc(O)c3c2C[C@H]2C[C@H]4[C@H](N(C)C)C(=O)C(C(N)=O)=C(O)[C@@]4(O)C(=O)C2=C3O)cc1. The van der Waals surface area contributed by atoms with Gasteiger partial charge in [-0.2, -0.15) is 0 Å². The summed E-state index contributed by atoms with van der Waals surface area (Å²) in [7, 11) is 4.65. The van der Waals surface area contributed by atoms with E-state index in [1.54, 1.807) is 51.5 Å². The summed E-state index contributed by atoms with van der Waals surface area (Å²) in [5.74, 6) is 4.17. The minimum atomic E-state index is -2.70. The average molecular weight is 616 g/mol. The third kappa shape index (κ3) is 5.23. The summed E-state index contributed by atoms with van der Waals surface area (Å²) in [6.07, 6.45) is 0.0922. The molecule has 0 radical (unpaired) electrons. The number of Topliss-reactive ketones (excluding diaryl/α,β-unsaturated/α-hetero) is 2. The molecule has 2 aromatic carbocycles. The van der Waals surface area contributed by atoms with Crippen LogP contribution in [0.3, 0.4) is 0 Å². The quantitative estimate of drug-likeness (QED) is 0.104. The third-order valence-corrected chi connectivity index (χ3v) is 8.51. The number of aliphatic hydroxyl groups is 3. The van der Waals surface area contributed by atoms with E-state index in [0.717, 1.165) is 0 Å². The van der Waals surface area contributed by atoms with Crippen molar-refractivity contribution in [3.05, 3.63) is 75.6 Å². The van der Waals surface area contributed by atoms with E-state index >= 15 is 0 Å². The van der Waals surface area contributed by atoms with Gasteiger partial charge in [0.25, 0.3) is 5.91 Å². The second kappa shape index (κ2) is 11.5. The maximum atomic E-state index is 14.0. The first kappa shape index (κ1) is 31.4. The van der Waals surface area contributed by atoms with Gasteiger partial charge in [0.05, 0.1) is 18.2 Å². The first-order valence-electron chi connectivity index (χ1n) is 14.0. The summed E-state index contributed by atoms with van der Waals surface area (Å²) >= 11 is 0. The number of nitrogens with two attached hydrogens (primary N) is 2. The van der Waals surface area contributed by atoms with Gasteiger partial charge in [-0.15, -0.1) is 0 Å². The number of nitrogens with one attached hydrogen (secondary N) is 1. The van der Waals surface area contributed by atoms with Crippen molar-refractivity contribution in [1.82, 2.24) is 9.91 Å². The number of carbonyl (C=O) groups excluding carboxylic acids is 4. The number of phenolic OH excluding ortho intramolecular Hbond substituents is 1. The summed E-state index contributed by atoms with van der Waals surface area (Å²) in [5.41, 5.74) is 3.61. The van der Waals surface area contributed by atoms with Gasteiger partial charge in [0.15, 0.2) is 11.4 Å². The third-order valence-electron chi connectivity index (χ3n) is 8.51. The van der Waals surface area contributed by atoms with Crippen LogP contribution in [0.25, 0.3) is 5.76 Å². The van der Waals surface area contributed by atoms with Crippen LogP contribution in [-0.2, 0) is 25.6 Å². The highest BCUT2D eigenvalue weighted by Crippen LogP contribution is 2.52. The standard InChI is InChI=1S/C32H33N5O8/c1-36(2)26-20-13-17-12-19-16(7-4-15-5-9-18(10-6-15)35-22(39)14-37(3)34)8-11-21(38)24(19)27(40)23(17)29(42)32(20,45)30(43)25(28(26)41)31(33)44/h5-6,8-11,17,20,26,38,40,43,45H,12-14,34H2,1-3H3,(H2,33,44)(H,35,39)/t17-,20-,26-,32-/m0/s1. The summed E-state index contributed by atoms with van der Waals surface area (Å²) in [5, 5.41) is 48.8. The summed E-state index contributed by atoms with van der Waals surface area (Å²) in [6, 6.07) is 8.51. The van der Waals surface area contributed by atoms with Crippen LogP contribution >= 0.6 is 0 Å². The van der Waals surface area contributed by atoms with Crippen molar-refractivity contribution in [2.45, 2.75) is 24.5 Å². The molecule has 1 fully saturated rings. The van der Waals surface area contributed by atoms with Crippen LogP contribution in [0.5, 0.6) is 5.75 Å². The molecule has 4 atom stereocenters. The van der Waals surface area contributed by atoms with Crippen molar-refractivity contribution in [3.63, 3.8) is 0 Å². The van der Waals surface area contributed by atoms with Gasteiger partial charge in [0.2, 0.25) is 11.7 Å². The Bertz CT molecular complexity index is 1770. The van der Waals surface area contributed by atoms with Crippen LogP contribution in [-0.4, -0.2) is 93.0 Å². The lowest BCUT2D eigenvalue weighted by molar-refractivity contribution is -0.153. The molecule has 45 heavy (non-hydrogen) atoms. The normalized spacial score (nSPS) is 24.1. The molecular formula is C32H33N5O8. The largest absolute Gasteiger partial charge is 0.508 e. The van der Waals surface area contributed by atoms with Crippen molar-refractivity contribution >= 4 is 34.8 Å². The number of phenols is 1. The molecule has 0 spiro atoms. The Morgan fingerprint density at radius 1 is 1.04 bits per heavy atom. The van der Waals surface area contributed by atoms with Crippen LogP contribution in [0, 0.1) is 23.7 Å². The van der Waals surface area contributed by atoms with Crippen LogP contribution in [0.1, 0.15) is 28.7 Å². The molecule has 0 saturated heterocycles.